The van der Waals surface area contributed by atoms with Crippen LogP contribution in [-0.2, 0) is 4.74 Å². The van der Waals surface area contributed by atoms with Crippen LogP contribution < -0.4 is 0 Å². The van der Waals surface area contributed by atoms with E-state index in [-0.39, 0.29) is 6.23 Å². The SMILES string of the molecule is Cc1cc2c(cc1C#N)ncn2[C@H]1CCCCO1. The second-order valence-corrected chi connectivity index (χ2v) is 4.74. The molecule has 0 bridgehead atoms. The summed E-state index contributed by atoms with van der Waals surface area (Å²) in [5.74, 6) is 0. The van der Waals surface area contributed by atoms with Crippen molar-refractivity contribution in [2.75, 3.05) is 6.61 Å². The van der Waals surface area contributed by atoms with Gasteiger partial charge in [-0.15, -0.1) is 0 Å². The van der Waals surface area contributed by atoms with E-state index in [9.17, 15) is 0 Å². The highest BCUT2D eigenvalue weighted by atomic mass is 16.5. The Morgan fingerprint density at radius 1 is 1.44 bits per heavy atom. The normalized spacial score (nSPS) is 19.9. The molecule has 0 radical (unpaired) electrons. The summed E-state index contributed by atoms with van der Waals surface area (Å²) in [6.07, 6.45) is 5.28. The van der Waals surface area contributed by atoms with E-state index in [1.807, 2.05) is 25.4 Å². The number of hydrogen-bond donors (Lipinski definition) is 0. The molecule has 3 rings (SSSR count). The van der Waals surface area contributed by atoms with Crippen LogP contribution in [0.2, 0.25) is 0 Å². The molecule has 2 aromatic rings. The summed E-state index contributed by atoms with van der Waals surface area (Å²) in [4.78, 5) is 4.38. The van der Waals surface area contributed by atoms with E-state index < -0.39 is 0 Å². The molecule has 0 amide bonds. The van der Waals surface area contributed by atoms with Crippen LogP contribution >= 0.6 is 0 Å². The Kier molecular flexibility index (Phi) is 2.77. The van der Waals surface area contributed by atoms with Gasteiger partial charge in [0.1, 0.15) is 6.23 Å². The summed E-state index contributed by atoms with van der Waals surface area (Å²) in [5, 5.41) is 9.02. The van der Waals surface area contributed by atoms with Crippen molar-refractivity contribution >= 4 is 11.0 Å². The number of ether oxygens (including phenoxy) is 1. The van der Waals surface area contributed by atoms with Crippen LogP contribution in [0.25, 0.3) is 11.0 Å². The summed E-state index contributed by atoms with van der Waals surface area (Å²) in [5.41, 5.74) is 3.60. The van der Waals surface area contributed by atoms with Gasteiger partial charge in [-0.25, -0.2) is 4.98 Å². The number of fused-ring (bicyclic) bond motifs is 1. The summed E-state index contributed by atoms with van der Waals surface area (Å²) in [7, 11) is 0. The molecule has 1 atom stereocenters. The number of imidazole rings is 1. The van der Waals surface area contributed by atoms with E-state index in [0.717, 1.165) is 36.0 Å². The molecular formula is C14H15N3O. The van der Waals surface area contributed by atoms with Gasteiger partial charge in [-0.3, -0.25) is 0 Å². The third kappa shape index (κ3) is 1.77. The predicted octanol–water partition coefficient (Wildman–Crippen LogP) is 2.92. The maximum Gasteiger partial charge on any atom is 0.135 e. The molecule has 1 aliphatic heterocycles. The molecule has 4 nitrogen and oxygen atoms in total. The molecule has 1 aromatic carbocycles. The van der Waals surface area contributed by atoms with Crippen LogP contribution in [-0.4, -0.2) is 16.2 Å². The Bertz CT molecular complexity index is 618. The predicted molar refractivity (Wildman–Crippen MR) is 68.0 cm³/mol. The van der Waals surface area contributed by atoms with Crippen molar-refractivity contribution in [1.29, 1.82) is 5.26 Å². The van der Waals surface area contributed by atoms with E-state index in [4.69, 9.17) is 10.00 Å². The van der Waals surface area contributed by atoms with Crippen molar-refractivity contribution in [2.45, 2.75) is 32.4 Å². The summed E-state index contributed by atoms with van der Waals surface area (Å²) in [6.45, 7) is 2.77. The molecule has 4 heteroatoms. The van der Waals surface area contributed by atoms with E-state index in [2.05, 4.69) is 15.6 Å². The summed E-state index contributed by atoms with van der Waals surface area (Å²) in [6, 6.07) is 6.07. The van der Waals surface area contributed by atoms with Gasteiger partial charge in [0.15, 0.2) is 0 Å². The maximum absolute atomic E-state index is 9.02. The monoisotopic (exact) mass is 241 g/mol. The van der Waals surface area contributed by atoms with Gasteiger partial charge in [0, 0.05) is 6.61 Å². The summed E-state index contributed by atoms with van der Waals surface area (Å²) < 4.78 is 7.87. The number of benzene rings is 1. The van der Waals surface area contributed by atoms with Crippen molar-refractivity contribution in [2.24, 2.45) is 0 Å². The lowest BCUT2D eigenvalue weighted by molar-refractivity contribution is -0.0295. The molecule has 2 heterocycles. The standard InChI is InChI=1S/C14H15N3O/c1-10-6-13-12(7-11(10)8-15)16-9-17(13)14-4-2-3-5-18-14/h6-7,9,14H,2-5H2,1H3/t14-/m1/s1. The van der Waals surface area contributed by atoms with Gasteiger partial charge in [0.25, 0.3) is 0 Å². The zero-order valence-corrected chi connectivity index (χ0v) is 10.4. The molecule has 18 heavy (non-hydrogen) atoms. The second kappa shape index (κ2) is 4.43. The minimum Gasteiger partial charge on any atom is -0.358 e. The molecule has 1 fully saturated rings. The van der Waals surface area contributed by atoms with Crippen molar-refractivity contribution in [1.82, 2.24) is 9.55 Å². The molecule has 0 spiro atoms. The number of aryl methyl sites for hydroxylation is 1. The second-order valence-electron chi connectivity index (χ2n) is 4.74. The van der Waals surface area contributed by atoms with Gasteiger partial charge in [-0.1, -0.05) is 0 Å². The lowest BCUT2D eigenvalue weighted by atomic mass is 10.1. The van der Waals surface area contributed by atoms with E-state index in [0.29, 0.717) is 5.56 Å². The fraction of sp³-hybridized carbons (Fsp3) is 0.429. The molecule has 1 aliphatic rings. The van der Waals surface area contributed by atoms with Crippen molar-refractivity contribution in [3.05, 3.63) is 29.6 Å². The lowest BCUT2D eigenvalue weighted by Gasteiger charge is -2.24. The minimum absolute atomic E-state index is 0.0936. The quantitative estimate of drug-likeness (QED) is 0.771. The van der Waals surface area contributed by atoms with Crippen LogP contribution in [0.15, 0.2) is 18.5 Å². The highest BCUT2D eigenvalue weighted by Gasteiger charge is 2.18. The molecule has 1 aromatic heterocycles. The van der Waals surface area contributed by atoms with Crippen molar-refractivity contribution in [3.8, 4) is 6.07 Å². The van der Waals surface area contributed by atoms with Crippen LogP contribution in [0.5, 0.6) is 0 Å². The van der Waals surface area contributed by atoms with Crippen LogP contribution in [0.4, 0.5) is 0 Å². The highest BCUT2D eigenvalue weighted by Crippen LogP contribution is 2.27. The Morgan fingerprint density at radius 3 is 3.06 bits per heavy atom. The van der Waals surface area contributed by atoms with Gasteiger partial charge in [-0.05, 0) is 43.9 Å². The lowest BCUT2D eigenvalue weighted by Crippen LogP contribution is -2.17. The molecule has 1 saturated heterocycles. The smallest absolute Gasteiger partial charge is 0.135 e. The van der Waals surface area contributed by atoms with E-state index in [1.165, 1.54) is 6.42 Å². The number of aromatic nitrogens is 2. The van der Waals surface area contributed by atoms with Gasteiger partial charge < -0.3 is 9.30 Å². The first kappa shape index (κ1) is 11.2. The zero-order chi connectivity index (χ0) is 12.5. The van der Waals surface area contributed by atoms with Gasteiger partial charge in [0.05, 0.1) is 29.0 Å². The Hall–Kier alpha value is -1.86. The first-order chi connectivity index (χ1) is 8.79. The number of nitrogens with zero attached hydrogens (tertiary/aromatic N) is 3. The van der Waals surface area contributed by atoms with Crippen LogP contribution in [0.3, 0.4) is 0 Å². The number of rotatable bonds is 1. The van der Waals surface area contributed by atoms with Crippen molar-refractivity contribution < 1.29 is 4.74 Å². The number of hydrogen-bond acceptors (Lipinski definition) is 3. The summed E-state index contributed by atoms with van der Waals surface area (Å²) >= 11 is 0. The first-order valence-electron chi connectivity index (χ1n) is 6.28. The fourth-order valence-electron chi connectivity index (χ4n) is 2.47. The first-order valence-corrected chi connectivity index (χ1v) is 6.28. The average molecular weight is 241 g/mol. The Morgan fingerprint density at radius 2 is 2.33 bits per heavy atom. The maximum atomic E-state index is 9.02. The Labute approximate surface area is 106 Å². The topological polar surface area (TPSA) is 50.8 Å². The van der Waals surface area contributed by atoms with Crippen LogP contribution in [0.1, 0.15) is 36.6 Å². The zero-order valence-electron chi connectivity index (χ0n) is 10.4. The van der Waals surface area contributed by atoms with Gasteiger partial charge in [-0.2, -0.15) is 5.26 Å². The molecule has 0 aliphatic carbocycles. The third-order valence-electron chi connectivity index (χ3n) is 3.51. The Balaban J connectivity index is 2.08. The fourth-order valence-corrected chi connectivity index (χ4v) is 2.47. The average Bonchev–Trinajstić information content (AvgIpc) is 2.81. The molecule has 0 saturated carbocycles. The third-order valence-corrected chi connectivity index (χ3v) is 3.51. The molecular weight excluding hydrogens is 226 g/mol. The number of nitriles is 1. The van der Waals surface area contributed by atoms with Crippen LogP contribution in [0, 0.1) is 18.3 Å². The van der Waals surface area contributed by atoms with E-state index in [1.54, 1.807) is 0 Å². The van der Waals surface area contributed by atoms with Gasteiger partial charge >= 0.3 is 0 Å². The van der Waals surface area contributed by atoms with Crippen molar-refractivity contribution in [3.63, 3.8) is 0 Å². The van der Waals surface area contributed by atoms with Gasteiger partial charge in [0.2, 0.25) is 0 Å². The highest BCUT2D eigenvalue weighted by molar-refractivity contribution is 5.78. The minimum atomic E-state index is 0.0936. The van der Waals surface area contributed by atoms with E-state index >= 15 is 0 Å². The molecule has 0 unspecified atom stereocenters. The largest absolute Gasteiger partial charge is 0.358 e. The molecule has 0 N–H and O–H groups in total. The molecule has 92 valence electrons.